The molecule has 0 aromatic heterocycles. The van der Waals surface area contributed by atoms with Gasteiger partial charge >= 0.3 is 12.1 Å². The average molecular weight is 267 g/mol. The molecule has 0 radical (unpaired) electrons. The maximum atomic E-state index is 10.9. The van der Waals surface area contributed by atoms with Crippen LogP contribution in [0.2, 0.25) is 0 Å². The van der Waals surface area contributed by atoms with Gasteiger partial charge in [0.15, 0.2) is 12.0 Å². The van der Waals surface area contributed by atoms with Crippen LogP contribution in [-0.4, -0.2) is 41.8 Å². The summed E-state index contributed by atoms with van der Waals surface area (Å²) in [6, 6.07) is -1.40. The Morgan fingerprint density at radius 3 is 2.65 bits per heavy atom. The SMILES string of the molecule is N=C(N)NCCCC(NC(=O)OCCl)C(=O)O. The number of ether oxygens (including phenoxy) is 1. The fraction of sp³-hybridized carbons (Fsp3) is 0.625. The number of carboxylic acids is 1. The van der Waals surface area contributed by atoms with Crippen molar-refractivity contribution in [2.75, 3.05) is 12.6 Å². The number of carbonyl (C=O) groups excluding carboxylic acids is 1. The number of alkyl halides is 1. The molecular formula is C8H15ClN4O4. The maximum absolute atomic E-state index is 10.9. The summed E-state index contributed by atoms with van der Waals surface area (Å²) in [6.45, 7) is 0.353. The first-order valence-corrected chi connectivity index (χ1v) is 5.30. The van der Waals surface area contributed by atoms with Crippen molar-refractivity contribution in [2.24, 2.45) is 5.73 Å². The van der Waals surface area contributed by atoms with Gasteiger partial charge in [-0.1, -0.05) is 11.6 Å². The molecule has 0 heterocycles. The van der Waals surface area contributed by atoms with E-state index in [1.165, 1.54) is 0 Å². The van der Waals surface area contributed by atoms with Gasteiger partial charge in [0.05, 0.1) is 0 Å². The number of carbonyl (C=O) groups is 2. The van der Waals surface area contributed by atoms with Crippen molar-refractivity contribution in [2.45, 2.75) is 18.9 Å². The zero-order valence-electron chi connectivity index (χ0n) is 9.03. The minimum absolute atomic E-state index is 0.187. The van der Waals surface area contributed by atoms with E-state index in [4.69, 9.17) is 27.9 Å². The van der Waals surface area contributed by atoms with Crippen LogP contribution in [0.5, 0.6) is 0 Å². The van der Waals surface area contributed by atoms with Gasteiger partial charge in [0.25, 0.3) is 0 Å². The van der Waals surface area contributed by atoms with Crippen LogP contribution in [0.3, 0.4) is 0 Å². The number of amides is 1. The van der Waals surface area contributed by atoms with Crippen LogP contribution >= 0.6 is 11.6 Å². The molecule has 98 valence electrons. The van der Waals surface area contributed by atoms with Crippen molar-refractivity contribution in [1.82, 2.24) is 10.6 Å². The van der Waals surface area contributed by atoms with Gasteiger partial charge in [0.2, 0.25) is 0 Å². The van der Waals surface area contributed by atoms with Crippen LogP contribution in [0.15, 0.2) is 0 Å². The molecule has 0 aliphatic rings. The Bertz CT molecular complexity index is 287. The molecule has 0 aliphatic carbocycles. The van der Waals surface area contributed by atoms with E-state index in [9.17, 15) is 9.59 Å². The molecule has 1 atom stereocenters. The minimum Gasteiger partial charge on any atom is -0.480 e. The fourth-order valence-electron chi connectivity index (χ4n) is 1.02. The van der Waals surface area contributed by atoms with Gasteiger partial charge in [0.1, 0.15) is 6.04 Å². The molecule has 0 bridgehead atoms. The van der Waals surface area contributed by atoms with Gasteiger partial charge in [0, 0.05) is 6.54 Å². The first-order valence-electron chi connectivity index (χ1n) is 4.77. The molecule has 0 aromatic rings. The Hall–Kier alpha value is -1.70. The lowest BCUT2D eigenvalue weighted by molar-refractivity contribution is -0.139. The summed E-state index contributed by atoms with van der Waals surface area (Å²) in [7, 11) is 0. The second-order valence-electron chi connectivity index (χ2n) is 3.06. The molecule has 0 aromatic carbocycles. The van der Waals surface area contributed by atoms with E-state index in [0.29, 0.717) is 13.0 Å². The minimum atomic E-state index is -1.17. The van der Waals surface area contributed by atoms with E-state index in [1.807, 2.05) is 0 Å². The number of hydrogen-bond donors (Lipinski definition) is 5. The molecule has 0 saturated heterocycles. The lowest BCUT2D eigenvalue weighted by Gasteiger charge is -2.13. The fourth-order valence-corrected chi connectivity index (χ4v) is 1.12. The lowest BCUT2D eigenvalue weighted by atomic mass is 10.1. The van der Waals surface area contributed by atoms with Crippen molar-refractivity contribution in [3.8, 4) is 0 Å². The van der Waals surface area contributed by atoms with Crippen molar-refractivity contribution in [3.05, 3.63) is 0 Å². The Morgan fingerprint density at radius 1 is 1.53 bits per heavy atom. The predicted octanol–water partition coefficient (Wildman–Crippen LogP) is -0.375. The first-order chi connectivity index (χ1) is 7.97. The van der Waals surface area contributed by atoms with Crippen LogP contribution < -0.4 is 16.4 Å². The molecule has 1 unspecified atom stereocenters. The number of hydrogen-bond acceptors (Lipinski definition) is 4. The molecule has 8 nitrogen and oxygen atoms in total. The highest BCUT2D eigenvalue weighted by Gasteiger charge is 2.19. The summed E-state index contributed by atoms with van der Waals surface area (Å²) >= 11 is 5.14. The van der Waals surface area contributed by atoms with Gasteiger partial charge in [-0.3, -0.25) is 5.41 Å². The topological polar surface area (TPSA) is 138 Å². The summed E-state index contributed by atoms with van der Waals surface area (Å²) in [6.07, 6.45) is -0.267. The van der Waals surface area contributed by atoms with E-state index >= 15 is 0 Å². The van der Waals surface area contributed by atoms with E-state index < -0.39 is 18.1 Å². The van der Waals surface area contributed by atoms with Crippen molar-refractivity contribution >= 4 is 29.6 Å². The van der Waals surface area contributed by atoms with Gasteiger partial charge in [-0.25, -0.2) is 9.59 Å². The normalized spacial score (nSPS) is 11.4. The number of alkyl carbamates (subject to hydrolysis) is 1. The second kappa shape index (κ2) is 8.45. The number of halogens is 1. The van der Waals surface area contributed by atoms with Crippen LogP contribution in [0.4, 0.5) is 4.79 Å². The first kappa shape index (κ1) is 15.3. The van der Waals surface area contributed by atoms with E-state index in [2.05, 4.69) is 15.4 Å². The van der Waals surface area contributed by atoms with Crippen molar-refractivity contribution in [3.63, 3.8) is 0 Å². The van der Waals surface area contributed by atoms with E-state index in [0.717, 1.165) is 0 Å². The predicted molar refractivity (Wildman–Crippen MR) is 60.9 cm³/mol. The van der Waals surface area contributed by atoms with Gasteiger partial charge in [-0.2, -0.15) is 0 Å². The summed E-state index contributed by atoms with van der Waals surface area (Å²) in [4.78, 5) is 21.7. The molecule has 17 heavy (non-hydrogen) atoms. The average Bonchev–Trinajstić information content (AvgIpc) is 2.22. The summed E-state index contributed by atoms with van der Waals surface area (Å²) in [5.41, 5.74) is 5.04. The lowest BCUT2D eigenvalue weighted by Crippen LogP contribution is -2.41. The smallest absolute Gasteiger partial charge is 0.409 e. The molecule has 0 spiro atoms. The molecular weight excluding hydrogens is 252 g/mol. The highest BCUT2D eigenvalue weighted by molar-refractivity contribution is 6.17. The third-order valence-corrected chi connectivity index (χ3v) is 1.87. The van der Waals surface area contributed by atoms with Gasteiger partial charge < -0.3 is 26.2 Å². The zero-order chi connectivity index (χ0) is 13.3. The van der Waals surface area contributed by atoms with Crippen LogP contribution in [0.1, 0.15) is 12.8 Å². The summed E-state index contributed by atoms with van der Waals surface area (Å²) in [5, 5.41) is 20.4. The number of rotatable bonds is 7. The zero-order valence-corrected chi connectivity index (χ0v) is 9.79. The highest BCUT2D eigenvalue weighted by atomic mass is 35.5. The second-order valence-corrected chi connectivity index (χ2v) is 3.28. The molecule has 0 saturated carbocycles. The maximum Gasteiger partial charge on any atom is 0.409 e. The number of aliphatic carboxylic acids is 1. The largest absolute Gasteiger partial charge is 0.480 e. The Labute approximate surface area is 103 Å². The molecule has 1 amide bonds. The van der Waals surface area contributed by atoms with Crippen LogP contribution in [0.25, 0.3) is 0 Å². The van der Waals surface area contributed by atoms with Gasteiger partial charge in [-0.05, 0) is 12.8 Å². The summed E-state index contributed by atoms with van der Waals surface area (Å²) < 4.78 is 4.35. The number of nitrogens with two attached hydrogens (primary N) is 1. The number of guanidine groups is 1. The van der Waals surface area contributed by atoms with Gasteiger partial charge in [-0.15, -0.1) is 0 Å². The van der Waals surface area contributed by atoms with Crippen molar-refractivity contribution < 1.29 is 19.4 Å². The van der Waals surface area contributed by atoms with Crippen LogP contribution in [-0.2, 0) is 9.53 Å². The Balaban J connectivity index is 3.95. The molecule has 6 N–H and O–H groups in total. The molecule has 0 fully saturated rings. The van der Waals surface area contributed by atoms with E-state index in [1.54, 1.807) is 0 Å². The third-order valence-electron chi connectivity index (χ3n) is 1.76. The molecule has 0 aliphatic heterocycles. The number of carboxylic acid groups (broad SMARTS) is 1. The monoisotopic (exact) mass is 266 g/mol. The molecule has 9 heteroatoms. The summed E-state index contributed by atoms with van der Waals surface area (Å²) in [5.74, 6) is -1.36. The molecule has 0 rings (SSSR count). The number of nitrogens with one attached hydrogen (secondary N) is 3. The Morgan fingerprint density at radius 2 is 2.18 bits per heavy atom. The quantitative estimate of drug-likeness (QED) is 0.184. The van der Waals surface area contributed by atoms with E-state index in [-0.39, 0.29) is 18.4 Å². The van der Waals surface area contributed by atoms with Crippen LogP contribution in [0, 0.1) is 5.41 Å². The standard InChI is InChI=1S/C8H15ClN4O4/c9-4-17-8(16)13-5(6(14)15)2-1-3-12-7(10)11/h5H,1-4H2,(H,13,16)(H,14,15)(H4,10,11,12). The highest BCUT2D eigenvalue weighted by Crippen LogP contribution is 1.98. The van der Waals surface area contributed by atoms with Crippen molar-refractivity contribution in [1.29, 1.82) is 5.41 Å². The third kappa shape index (κ3) is 8.14. The Kier molecular flexibility index (Phi) is 7.61.